The van der Waals surface area contributed by atoms with Gasteiger partial charge in [0.1, 0.15) is 19.0 Å². The van der Waals surface area contributed by atoms with E-state index in [1.165, 1.54) is 37.3 Å². The molecule has 3 rings (SSSR count). The minimum absolute atomic E-state index is 0.00769. The van der Waals surface area contributed by atoms with Crippen LogP contribution in [0.15, 0.2) is 82.9 Å². The molecule has 0 aromatic heterocycles. The molecule has 0 aliphatic heterocycles. The third-order valence-electron chi connectivity index (χ3n) is 4.89. The molecule has 0 amide bonds. The first-order chi connectivity index (χ1) is 17.8. The minimum atomic E-state index is -5.18. The van der Waals surface area contributed by atoms with Crippen LogP contribution in [-0.4, -0.2) is 44.4 Å². The van der Waals surface area contributed by atoms with Crippen LogP contribution in [0.3, 0.4) is 0 Å². The van der Waals surface area contributed by atoms with Gasteiger partial charge < -0.3 is 9.47 Å². The average molecular weight is 552 g/mol. The fraction of sp³-hybridized carbons (Fsp3) is 0.167. The Balaban J connectivity index is 1.98. The fourth-order valence-electron chi connectivity index (χ4n) is 3.21. The van der Waals surface area contributed by atoms with Crippen LogP contribution in [-0.2, 0) is 23.9 Å². The highest BCUT2D eigenvalue weighted by Crippen LogP contribution is 2.34. The van der Waals surface area contributed by atoms with Gasteiger partial charge in [-0.1, -0.05) is 48.1 Å². The number of esters is 1. The quantitative estimate of drug-likeness (QED) is 0.0864. The molecule has 3 aromatic carbocycles. The summed E-state index contributed by atoms with van der Waals surface area (Å²) in [5, 5.41) is 14.2. The van der Waals surface area contributed by atoms with Gasteiger partial charge in [0.25, 0.3) is 5.69 Å². The number of benzene rings is 3. The SMILES string of the molecule is C=C(C)C(=O)OCCOc1ccc(C(=NOS(=O)(=O)c2ccccc2[N+](=O)[O-])C(F)(F)F)c2ccccc12. The van der Waals surface area contributed by atoms with Gasteiger partial charge >= 0.3 is 22.3 Å². The maximum atomic E-state index is 14.0. The van der Waals surface area contributed by atoms with E-state index >= 15 is 0 Å². The summed E-state index contributed by atoms with van der Waals surface area (Å²) in [5.74, 6) is -0.471. The molecule has 0 spiro atoms. The first kappa shape index (κ1) is 28.1. The molecule has 3 aromatic rings. The molecule has 0 heterocycles. The second kappa shape index (κ2) is 11.3. The highest BCUT2D eigenvalue weighted by Gasteiger charge is 2.40. The van der Waals surface area contributed by atoms with Crippen LogP contribution in [0.25, 0.3) is 10.8 Å². The zero-order chi connectivity index (χ0) is 28.1. The molecule has 0 bridgehead atoms. The molecular formula is C24H19F3N2O8S. The summed E-state index contributed by atoms with van der Waals surface area (Å²) in [5.41, 5.74) is -2.94. The Morgan fingerprint density at radius 1 is 1.03 bits per heavy atom. The van der Waals surface area contributed by atoms with Crippen LogP contribution in [0, 0.1) is 10.1 Å². The number of hydrogen-bond acceptors (Lipinski definition) is 9. The van der Waals surface area contributed by atoms with Gasteiger partial charge in [-0.25, -0.2) is 4.79 Å². The van der Waals surface area contributed by atoms with Crippen molar-refractivity contribution in [3.8, 4) is 5.75 Å². The molecule has 0 atom stereocenters. The van der Waals surface area contributed by atoms with Crippen molar-refractivity contribution in [1.29, 1.82) is 0 Å². The number of nitrogens with zero attached hydrogens (tertiary/aromatic N) is 2. The van der Waals surface area contributed by atoms with Crippen molar-refractivity contribution in [2.75, 3.05) is 13.2 Å². The fourth-order valence-corrected chi connectivity index (χ4v) is 4.11. The molecular weight excluding hydrogens is 533 g/mol. The van der Waals surface area contributed by atoms with Gasteiger partial charge in [0.05, 0.1) is 4.92 Å². The molecule has 10 nitrogen and oxygen atoms in total. The van der Waals surface area contributed by atoms with Gasteiger partial charge in [-0.2, -0.15) is 21.6 Å². The first-order valence-corrected chi connectivity index (χ1v) is 12.0. The second-order valence-corrected chi connectivity index (χ2v) is 9.11. The third kappa shape index (κ3) is 6.45. The lowest BCUT2D eigenvalue weighted by Crippen LogP contribution is -2.25. The van der Waals surface area contributed by atoms with Crippen LogP contribution >= 0.6 is 0 Å². The summed E-state index contributed by atoms with van der Waals surface area (Å²) in [7, 11) is -5.09. The first-order valence-electron chi connectivity index (χ1n) is 10.6. The number of ether oxygens (including phenoxy) is 2. The maximum absolute atomic E-state index is 14.0. The van der Waals surface area contributed by atoms with Crippen molar-refractivity contribution in [2.24, 2.45) is 5.16 Å². The largest absolute Gasteiger partial charge is 0.489 e. The minimum Gasteiger partial charge on any atom is -0.489 e. The highest BCUT2D eigenvalue weighted by atomic mass is 32.2. The molecule has 0 N–H and O–H groups in total. The van der Waals surface area contributed by atoms with Crippen LogP contribution in [0.2, 0.25) is 0 Å². The highest BCUT2D eigenvalue weighted by molar-refractivity contribution is 7.86. The number of rotatable bonds is 10. The molecule has 0 saturated carbocycles. The van der Waals surface area contributed by atoms with E-state index in [0.29, 0.717) is 0 Å². The lowest BCUT2D eigenvalue weighted by atomic mass is 10.00. The van der Waals surface area contributed by atoms with E-state index in [4.69, 9.17) is 9.47 Å². The number of nitro groups is 1. The van der Waals surface area contributed by atoms with Crippen molar-refractivity contribution in [3.63, 3.8) is 0 Å². The Kier molecular flexibility index (Phi) is 8.36. The molecule has 0 aliphatic carbocycles. The smallest absolute Gasteiger partial charge is 0.437 e. The summed E-state index contributed by atoms with van der Waals surface area (Å²) >= 11 is 0. The van der Waals surface area contributed by atoms with E-state index in [1.54, 1.807) is 6.07 Å². The van der Waals surface area contributed by atoms with Crippen LogP contribution in [0.1, 0.15) is 12.5 Å². The zero-order valence-corrected chi connectivity index (χ0v) is 20.4. The number of carbonyl (C=O) groups is 1. The summed E-state index contributed by atoms with van der Waals surface area (Å²) in [6.07, 6.45) is -5.18. The van der Waals surface area contributed by atoms with Crippen molar-refractivity contribution in [3.05, 3.63) is 88.5 Å². The number of hydrogen-bond donors (Lipinski definition) is 0. The molecule has 0 fully saturated rings. The average Bonchev–Trinajstić information content (AvgIpc) is 2.86. The summed E-state index contributed by atoms with van der Waals surface area (Å²) in [6, 6.07) is 12.0. The Bertz CT molecular complexity index is 1540. The van der Waals surface area contributed by atoms with Gasteiger partial charge in [-0.3, -0.25) is 14.4 Å². The number of oxime groups is 1. The lowest BCUT2D eigenvalue weighted by Gasteiger charge is -2.15. The van der Waals surface area contributed by atoms with E-state index in [9.17, 15) is 36.5 Å². The van der Waals surface area contributed by atoms with Gasteiger partial charge in [-0.15, -0.1) is 0 Å². The maximum Gasteiger partial charge on any atom is 0.437 e. The topological polar surface area (TPSA) is 134 Å². The van der Waals surface area contributed by atoms with Crippen LogP contribution < -0.4 is 4.74 Å². The van der Waals surface area contributed by atoms with Crippen LogP contribution in [0.4, 0.5) is 18.9 Å². The number of para-hydroxylation sites is 1. The normalized spacial score (nSPS) is 12.2. The molecule has 38 heavy (non-hydrogen) atoms. The molecule has 0 aliphatic rings. The number of fused-ring (bicyclic) bond motifs is 1. The van der Waals surface area contributed by atoms with Gasteiger partial charge in [0.15, 0.2) is 10.6 Å². The molecule has 200 valence electrons. The second-order valence-electron chi connectivity index (χ2n) is 7.61. The van der Waals surface area contributed by atoms with E-state index in [1.807, 2.05) is 0 Å². The van der Waals surface area contributed by atoms with Crippen molar-refractivity contribution in [1.82, 2.24) is 0 Å². The predicted molar refractivity (Wildman–Crippen MR) is 129 cm³/mol. The standard InChI is InChI=1S/C24H19F3N2O8S/c1-15(2)23(30)36-14-13-35-20-12-11-18(16-7-3-4-8-17(16)20)22(24(25,26)27)28-37-38(33,34)21-10-6-5-9-19(21)29(31)32/h3-12H,1,13-14H2,2H3. The lowest BCUT2D eigenvalue weighted by molar-refractivity contribution is -0.387. The van der Waals surface area contributed by atoms with Crippen LogP contribution in [0.5, 0.6) is 5.75 Å². The van der Waals surface area contributed by atoms with Crippen molar-refractivity contribution < 1.29 is 45.1 Å². The molecule has 0 saturated heterocycles. The molecule has 0 unspecified atom stereocenters. The number of carbonyl (C=O) groups excluding carboxylic acids is 1. The Morgan fingerprint density at radius 3 is 2.29 bits per heavy atom. The van der Waals surface area contributed by atoms with Crippen molar-refractivity contribution >= 4 is 38.3 Å². The number of nitro benzene ring substituents is 1. The van der Waals surface area contributed by atoms with Crippen molar-refractivity contribution in [2.45, 2.75) is 18.0 Å². The van der Waals surface area contributed by atoms with E-state index < -0.39 is 49.0 Å². The Hall–Kier alpha value is -4.46. The number of halogens is 3. The Labute approximate surface area is 214 Å². The third-order valence-corrected chi connectivity index (χ3v) is 6.04. The van der Waals surface area contributed by atoms with E-state index in [2.05, 4.69) is 16.0 Å². The van der Waals surface area contributed by atoms with Gasteiger partial charge in [0, 0.05) is 22.6 Å². The Morgan fingerprint density at radius 2 is 1.66 bits per heavy atom. The van der Waals surface area contributed by atoms with E-state index in [-0.39, 0.29) is 35.3 Å². The predicted octanol–water partition coefficient (Wildman–Crippen LogP) is 4.92. The summed E-state index contributed by atoms with van der Waals surface area (Å²) in [6.45, 7) is 4.65. The van der Waals surface area contributed by atoms with Gasteiger partial charge in [0.2, 0.25) is 0 Å². The van der Waals surface area contributed by atoms with Gasteiger partial charge in [-0.05, 0) is 30.5 Å². The summed E-state index contributed by atoms with van der Waals surface area (Å²) < 4.78 is 81.8. The molecule has 14 heteroatoms. The number of alkyl halides is 3. The molecule has 0 radical (unpaired) electrons. The monoisotopic (exact) mass is 552 g/mol. The zero-order valence-electron chi connectivity index (χ0n) is 19.6. The van der Waals surface area contributed by atoms with E-state index in [0.717, 1.165) is 24.3 Å². The summed E-state index contributed by atoms with van der Waals surface area (Å²) in [4.78, 5) is 20.6.